The fourth-order valence-corrected chi connectivity index (χ4v) is 2.23. The lowest BCUT2D eigenvalue weighted by molar-refractivity contribution is -0.136. The molecule has 2 N–H and O–H groups in total. The maximum atomic E-state index is 12.2. The van der Waals surface area contributed by atoms with Crippen molar-refractivity contribution < 1.29 is 14.7 Å². The number of nitriles is 1. The van der Waals surface area contributed by atoms with E-state index in [1.165, 1.54) is 13.1 Å². The molecular formula is C15H24N4O3. The largest absolute Gasteiger partial charge is 0.396 e. The fraction of sp³-hybridized carbons (Fsp3) is 0.667. The third-order valence-electron chi connectivity index (χ3n) is 3.59. The number of carbonyl (C=O) groups excluding carboxylic acids is 2. The van der Waals surface area contributed by atoms with Gasteiger partial charge in [0.2, 0.25) is 5.91 Å². The Balaban J connectivity index is 2.41. The van der Waals surface area contributed by atoms with Crippen molar-refractivity contribution in [2.75, 3.05) is 39.3 Å². The second kappa shape index (κ2) is 9.79. The normalized spacial score (nSPS) is 15.4. The molecule has 0 bridgehead atoms. The summed E-state index contributed by atoms with van der Waals surface area (Å²) in [5.41, 5.74) is 0.0819. The SMILES string of the molecule is CC(=O)N1CCN(C(=O)/C(C#N)=C\NCCCCCO)CC1. The van der Waals surface area contributed by atoms with Crippen molar-refractivity contribution in [1.29, 1.82) is 5.26 Å². The van der Waals surface area contributed by atoms with Gasteiger partial charge in [0.05, 0.1) is 0 Å². The van der Waals surface area contributed by atoms with Crippen molar-refractivity contribution in [2.45, 2.75) is 26.2 Å². The van der Waals surface area contributed by atoms with Crippen LogP contribution in [0.2, 0.25) is 0 Å². The van der Waals surface area contributed by atoms with E-state index in [1.54, 1.807) is 9.80 Å². The lowest BCUT2D eigenvalue weighted by Crippen LogP contribution is -2.50. The first-order valence-electron chi connectivity index (χ1n) is 7.59. The fourth-order valence-electron chi connectivity index (χ4n) is 2.23. The number of rotatable bonds is 7. The molecule has 1 saturated heterocycles. The predicted molar refractivity (Wildman–Crippen MR) is 81.5 cm³/mol. The summed E-state index contributed by atoms with van der Waals surface area (Å²) in [6.45, 7) is 4.28. The summed E-state index contributed by atoms with van der Waals surface area (Å²) in [6, 6.07) is 1.92. The Morgan fingerprint density at radius 1 is 1.18 bits per heavy atom. The van der Waals surface area contributed by atoms with Crippen molar-refractivity contribution in [3.05, 3.63) is 11.8 Å². The Hall–Kier alpha value is -2.07. The molecule has 1 aliphatic heterocycles. The Labute approximate surface area is 131 Å². The zero-order valence-corrected chi connectivity index (χ0v) is 13.0. The number of unbranched alkanes of at least 4 members (excludes halogenated alkanes) is 2. The molecule has 7 heteroatoms. The summed E-state index contributed by atoms with van der Waals surface area (Å²) in [5.74, 6) is -0.291. The number of piperazine rings is 1. The maximum Gasteiger partial charge on any atom is 0.266 e. The first-order valence-corrected chi connectivity index (χ1v) is 7.59. The molecule has 1 fully saturated rings. The van der Waals surface area contributed by atoms with Crippen LogP contribution in [0, 0.1) is 11.3 Å². The van der Waals surface area contributed by atoms with Gasteiger partial charge in [0.15, 0.2) is 0 Å². The Bertz CT molecular complexity index is 448. The van der Waals surface area contributed by atoms with Crippen LogP contribution in [0.4, 0.5) is 0 Å². The van der Waals surface area contributed by atoms with Crippen molar-refractivity contribution >= 4 is 11.8 Å². The van der Waals surface area contributed by atoms with Gasteiger partial charge in [-0.1, -0.05) is 0 Å². The third-order valence-corrected chi connectivity index (χ3v) is 3.59. The number of nitrogens with zero attached hydrogens (tertiary/aromatic N) is 3. The van der Waals surface area contributed by atoms with Crippen LogP contribution in [0.15, 0.2) is 11.8 Å². The van der Waals surface area contributed by atoms with E-state index >= 15 is 0 Å². The molecule has 7 nitrogen and oxygen atoms in total. The van der Waals surface area contributed by atoms with Crippen LogP contribution >= 0.6 is 0 Å². The van der Waals surface area contributed by atoms with Gasteiger partial charge in [-0.15, -0.1) is 0 Å². The minimum Gasteiger partial charge on any atom is -0.396 e. The van der Waals surface area contributed by atoms with Crippen molar-refractivity contribution in [1.82, 2.24) is 15.1 Å². The zero-order valence-electron chi connectivity index (χ0n) is 13.0. The minimum absolute atomic E-state index is 0.00712. The molecule has 0 spiro atoms. The molecule has 0 saturated carbocycles. The number of nitrogens with one attached hydrogen (secondary N) is 1. The van der Waals surface area contributed by atoms with Gasteiger partial charge in [-0.3, -0.25) is 9.59 Å². The first-order chi connectivity index (χ1) is 10.6. The van der Waals surface area contributed by atoms with Crippen LogP contribution in [0.3, 0.4) is 0 Å². The molecule has 0 unspecified atom stereocenters. The molecule has 0 aromatic carbocycles. The van der Waals surface area contributed by atoms with Gasteiger partial charge >= 0.3 is 0 Å². The number of hydrogen-bond donors (Lipinski definition) is 2. The van der Waals surface area contributed by atoms with Crippen LogP contribution in [-0.4, -0.2) is 66.1 Å². The Kier molecular flexibility index (Phi) is 8.00. The zero-order chi connectivity index (χ0) is 16.4. The molecule has 0 aromatic rings. The third kappa shape index (κ3) is 5.74. The van der Waals surface area contributed by atoms with E-state index in [2.05, 4.69) is 5.32 Å². The van der Waals surface area contributed by atoms with Gasteiger partial charge < -0.3 is 20.2 Å². The smallest absolute Gasteiger partial charge is 0.266 e. The molecule has 2 amide bonds. The predicted octanol–water partition coefficient (Wildman–Crippen LogP) is -0.163. The number of hydrogen-bond acceptors (Lipinski definition) is 5. The van der Waals surface area contributed by atoms with E-state index in [1.807, 2.05) is 6.07 Å². The topological polar surface area (TPSA) is 96.7 Å². The summed E-state index contributed by atoms with van der Waals surface area (Å²) in [6.07, 6.45) is 4.00. The molecule has 0 atom stereocenters. The summed E-state index contributed by atoms with van der Waals surface area (Å²) < 4.78 is 0. The molecule has 0 radical (unpaired) electrons. The summed E-state index contributed by atoms with van der Waals surface area (Å²) in [5, 5.41) is 20.7. The lowest BCUT2D eigenvalue weighted by Gasteiger charge is -2.34. The average Bonchev–Trinajstić information content (AvgIpc) is 2.54. The van der Waals surface area contributed by atoms with E-state index in [9.17, 15) is 9.59 Å². The van der Waals surface area contributed by atoms with E-state index in [0.717, 1.165) is 19.3 Å². The summed E-state index contributed by atoms with van der Waals surface area (Å²) >= 11 is 0. The number of aliphatic hydroxyl groups is 1. The van der Waals surface area contributed by atoms with Gasteiger partial charge in [-0.25, -0.2) is 0 Å². The number of aliphatic hydroxyl groups excluding tert-OH is 1. The summed E-state index contributed by atoms with van der Waals surface area (Å²) in [7, 11) is 0. The highest BCUT2D eigenvalue weighted by molar-refractivity contribution is 5.97. The minimum atomic E-state index is -0.298. The van der Waals surface area contributed by atoms with E-state index < -0.39 is 0 Å². The van der Waals surface area contributed by atoms with Gasteiger partial charge in [0.25, 0.3) is 5.91 Å². The first kappa shape index (κ1) is 18.0. The van der Waals surface area contributed by atoms with Crippen LogP contribution < -0.4 is 5.32 Å². The lowest BCUT2D eigenvalue weighted by atomic mass is 10.2. The monoisotopic (exact) mass is 308 g/mol. The number of carbonyl (C=O) groups is 2. The second-order valence-electron chi connectivity index (χ2n) is 5.21. The molecule has 0 aromatic heterocycles. The summed E-state index contributed by atoms with van der Waals surface area (Å²) in [4.78, 5) is 26.8. The van der Waals surface area contributed by atoms with Crippen LogP contribution in [0.1, 0.15) is 26.2 Å². The highest BCUT2D eigenvalue weighted by Crippen LogP contribution is 2.07. The quantitative estimate of drug-likeness (QED) is 0.387. The molecular weight excluding hydrogens is 284 g/mol. The van der Waals surface area contributed by atoms with Crippen molar-refractivity contribution in [3.63, 3.8) is 0 Å². The average molecular weight is 308 g/mol. The van der Waals surface area contributed by atoms with Crippen molar-refractivity contribution in [2.24, 2.45) is 0 Å². The molecule has 1 heterocycles. The van der Waals surface area contributed by atoms with Gasteiger partial charge in [-0.2, -0.15) is 5.26 Å². The van der Waals surface area contributed by atoms with Crippen LogP contribution in [0.5, 0.6) is 0 Å². The molecule has 22 heavy (non-hydrogen) atoms. The van der Waals surface area contributed by atoms with Crippen LogP contribution in [0.25, 0.3) is 0 Å². The van der Waals surface area contributed by atoms with E-state index in [0.29, 0.717) is 32.7 Å². The van der Waals surface area contributed by atoms with Gasteiger partial charge in [0.1, 0.15) is 11.6 Å². The molecule has 1 rings (SSSR count). The highest BCUT2D eigenvalue weighted by Gasteiger charge is 2.24. The van der Waals surface area contributed by atoms with Gasteiger partial charge in [0, 0.05) is 52.5 Å². The maximum absolute atomic E-state index is 12.2. The Morgan fingerprint density at radius 2 is 1.82 bits per heavy atom. The molecule has 122 valence electrons. The molecule has 1 aliphatic rings. The van der Waals surface area contributed by atoms with E-state index in [4.69, 9.17) is 10.4 Å². The highest BCUT2D eigenvalue weighted by atomic mass is 16.3. The van der Waals surface area contributed by atoms with Crippen LogP contribution in [-0.2, 0) is 9.59 Å². The Morgan fingerprint density at radius 3 is 2.36 bits per heavy atom. The van der Waals surface area contributed by atoms with E-state index in [-0.39, 0.29) is 24.0 Å². The standard InChI is InChI=1S/C15H24N4O3/c1-13(21)18-6-8-19(9-7-18)15(22)14(11-16)12-17-5-3-2-4-10-20/h12,17,20H,2-10H2,1H3/b14-12-. The molecule has 0 aliphatic carbocycles. The number of amides is 2. The van der Waals surface area contributed by atoms with Gasteiger partial charge in [-0.05, 0) is 19.3 Å². The second-order valence-corrected chi connectivity index (χ2v) is 5.21. The van der Waals surface area contributed by atoms with Crippen molar-refractivity contribution in [3.8, 4) is 6.07 Å².